The molecule has 0 unspecified atom stereocenters. The average Bonchev–Trinajstić information content (AvgIpc) is 3.23. The molecule has 2 N–H and O–H groups in total. The zero-order valence-electron chi connectivity index (χ0n) is 18.7. The molecule has 0 atom stereocenters. The number of hydrogen-bond acceptors (Lipinski definition) is 6. The first-order valence-corrected chi connectivity index (χ1v) is 10.1. The van der Waals surface area contributed by atoms with E-state index in [1.54, 1.807) is 39.3 Å². The second kappa shape index (κ2) is 8.58. The van der Waals surface area contributed by atoms with Gasteiger partial charge in [0.05, 0.1) is 19.6 Å². The normalized spacial score (nSPS) is 10.8. The molecule has 0 bridgehead atoms. The number of nitrogens with one attached hydrogen (secondary N) is 2. The minimum atomic E-state index is -0.0450. The van der Waals surface area contributed by atoms with Crippen LogP contribution in [-0.4, -0.2) is 54.1 Å². The Morgan fingerprint density at radius 1 is 1.03 bits per heavy atom. The second-order valence-electron chi connectivity index (χ2n) is 7.57. The fraction of sp³-hybridized carbons (Fsp3) is 0.208. The highest BCUT2D eigenvalue weighted by atomic mass is 16.5. The molecule has 164 valence electrons. The van der Waals surface area contributed by atoms with Crippen LogP contribution in [0, 0.1) is 6.92 Å². The SMILES string of the molecule is COc1ccc(-c2c[nH]c3nc(Nc4ccc(C(=O)N(C)C)cc4C)nc(OC)c23)cc1. The molecule has 0 aliphatic carbocycles. The predicted molar refractivity (Wildman–Crippen MR) is 125 cm³/mol. The van der Waals surface area contributed by atoms with E-state index in [1.807, 2.05) is 49.5 Å². The quantitative estimate of drug-likeness (QED) is 0.470. The fourth-order valence-corrected chi connectivity index (χ4v) is 3.52. The molecule has 0 radical (unpaired) electrons. The third kappa shape index (κ3) is 3.94. The third-order valence-corrected chi connectivity index (χ3v) is 5.22. The molecule has 8 nitrogen and oxygen atoms in total. The maximum atomic E-state index is 12.2. The highest BCUT2D eigenvalue weighted by Gasteiger charge is 2.17. The number of aryl methyl sites for hydroxylation is 1. The molecule has 0 aliphatic heterocycles. The van der Waals surface area contributed by atoms with Gasteiger partial charge in [0.2, 0.25) is 11.8 Å². The number of aromatic nitrogens is 3. The van der Waals surface area contributed by atoms with Gasteiger partial charge in [-0.1, -0.05) is 12.1 Å². The van der Waals surface area contributed by atoms with Crippen molar-refractivity contribution in [3.05, 3.63) is 59.8 Å². The molecule has 0 spiro atoms. The van der Waals surface area contributed by atoms with Crippen LogP contribution in [0.5, 0.6) is 11.6 Å². The number of hydrogen-bond donors (Lipinski definition) is 2. The van der Waals surface area contributed by atoms with Crippen LogP contribution in [0.3, 0.4) is 0 Å². The summed E-state index contributed by atoms with van der Waals surface area (Å²) in [7, 11) is 6.69. The number of aromatic amines is 1. The van der Waals surface area contributed by atoms with Crippen molar-refractivity contribution in [2.45, 2.75) is 6.92 Å². The van der Waals surface area contributed by atoms with E-state index in [0.29, 0.717) is 23.0 Å². The molecule has 0 saturated carbocycles. The van der Waals surface area contributed by atoms with E-state index in [0.717, 1.165) is 33.5 Å². The van der Waals surface area contributed by atoms with Crippen LogP contribution in [0.15, 0.2) is 48.7 Å². The summed E-state index contributed by atoms with van der Waals surface area (Å²) in [6.07, 6.45) is 1.89. The molecule has 2 aromatic carbocycles. The first-order valence-electron chi connectivity index (χ1n) is 10.1. The van der Waals surface area contributed by atoms with E-state index >= 15 is 0 Å². The van der Waals surface area contributed by atoms with Gasteiger partial charge < -0.3 is 24.7 Å². The Morgan fingerprint density at radius 3 is 2.41 bits per heavy atom. The summed E-state index contributed by atoms with van der Waals surface area (Å²) >= 11 is 0. The summed E-state index contributed by atoms with van der Waals surface area (Å²) < 4.78 is 10.8. The summed E-state index contributed by atoms with van der Waals surface area (Å²) in [5, 5.41) is 4.03. The highest BCUT2D eigenvalue weighted by molar-refractivity contribution is 5.98. The number of methoxy groups -OCH3 is 2. The first kappa shape index (κ1) is 21.2. The van der Waals surface area contributed by atoms with Crippen molar-refractivity contribution < 1.29 is 14.3 Å². The van der Waals surface area contributed by atoms with E-state index < -0.39 is 0 Å². The van der Waals surface area contributed by atoms with E-state index in [4.69, 9.17) is 9.47 Å². The van der Waals surface area contributed by atoms with Crippen molar-refractivity contribution in [2.75, 3.05) is 33.6 Å². The molecule has 32 heavy (non-hydrogen) atoms. The van der Waals surface area contributed by atoms with Crippen molar-refractivity contribution in [3.8, 4) is 22.8 Å². The lowest BCUT2D eigenvalue weighted by Gasteiger charge is -2.14. The van der Waals surface area contributed by atoms with Crippen LogP contribution in [0.4, 0.5) is 11.6 Å². The number of carbonyl (C=O) groups excluding carboxylic acids is 1. The minimum Gasteiger partial charge on any atom is -0.497 e. The van der Waals surface area contributed by atoms with Gasteiger partial charge in [0.25, 0.3) is 5.91 Å². The Kier molecular flexibility index (Phi) is 5.68. The maximum Gasteiger partial charge on any atom is 0.253 e. The summed E-state index contributed by atoms with van der Waals surface area (Å²) in [5.41, 5.74) is 4.93. The van der Waals surface area contributed by atoms with Gasteiger partial charge >= 0.3 is 0 Å². The van der Waals surface area contributed by atoms with Crippen molar-refractivity contribution in [3.63, 3.8) is 0 Å². The minimum absolute atomic E-state index is 0.0450. The fourth-order valence-electron chi connectivity index (χ4n) is 3.52. The number of H-pyrrole nitrogens is 1. The zero-order valence-corrected chi connectivity index (χ0v) is 18.7. The number of rotatable bonds is 6. The Bertz CT molecular complexity index is 1280. The van der Waals surface area contributed by atoms with Crippen LogP contribution in [-0.2, 0) is 0 Å². The van der Waals surface area contributed by atoms with E-state index in [1.165, 1.54) is 0 Å². The second-order valence-corrected chi connectivity index (χ2v) is 7.57. The largest absolute Gasteiger partial charge is 0.497 e. The van der Waals surface area contributed by atoms with E-state index in [9.17, 15) is 4.79 Å². The Balaban J connectivity index is 1.69. The molecule has 0 fully saturated rings. The van der Waals surface area contributed by atoms with Gasteiger partial charge in [0.1, 0.15) is 11.4 Å². The average molecular weight is 431 g/mol. The van der Waals surface area contributed by atoms with E-state index in [2.05, 4.69) is 20.3 Å². The standard InChI is InChI=1S/C24H25N5O3/c1-14-12-16(23(30)29(2)3)8-11-19(14)26-24-27-21-20(22(28-24)32-5)18(13-25-21)15-6-9-17(31-4)10-7-15/h6-13H,1-5H3,(H2,25,26,27,28). The molecule has 1 amide bonds. The van der Waals surface area contributed by atoms with Gasteiger partial charge in [-0.15, -0.1) is 0 Å². The summed E-state index contributed by atoms with van der Waals surface area (Å²) in [6, 6.07) is 13.3. The monoisotopic (exact) mass is 431 g/mol. The number of anilines is 2. The molecular weight excluding hydrogens is 406 g/mol. The van der Waals surface area contributed by atoms with Gasteiger partial charge in [0, 0.05) is 37.1 Å². The van der Waals surface area contributed by atoms with E-state index in [-0.39, 0.29) is 5.91 Å². The molecule has 2 aromatic heterocycles. The van der Waals surface area contributed by atoms with Crippen molar-refractivity contribution in [1.82, 2.24) is 19.9 Å². The molecule has 0 saturated heterocycles. The number of benzene rings is 2. The molecule has 8 heteroatoms. The number of amides is 1. The van der Waals surface area contributed by atoms with Crippen molar-refractivity contribution in [1.29, 1.82) is 0 Å². The third-order valence-electron chi connectivity index (χ3n) is 5.22. The molecular formula is C24H25N5O3. The summed E-state index contributed by atoms with van der Waals surface area (Å²) in [6.45, 7) is 1.93. The smallest absolute Gasteiger partial charge is 0.253 e. The first-order chi connectivity index (χ1) is 15.4. The van der Waals surface area contributed by atoms with Crippen LogP contribution in [0.2, 0.25) is 0 Å². The van der Waals surface area contributed by atoms with Gasteiger partial charge in [-0.05, 0) is 48.4 Å². The lowest BCUT2D eigenvalue weighted by Crippen LogP contribution is -2.21. The van der Waals surface area contributed by atoms with Crippen LogP contribution in [0.1, 0.15) is 15.9 Å². The van der Waals surface area contributed by atoms with Crippen LogP contribution in [0.25, 0.3) is 22.2 Å². The Morgan fingerprint density at radius 2 is 1.78 bits per heavy atom. The van der Waals surface area contributed by atoms with Gasteiger partial charge in [-0.25, -0.2) is 0 Å². The summed E-state index contributed by atoms with van der Waals surface area (Å²) in [5.74, 6) is 1.60. The molecule has 2 heterocycles. The topological polar surface area (TPSA) is 92.4 Å². The lowest BCUT2D eigenvalue weighted by atomic mass is 10.1. The molecule has 4 aromatic rings. The Hall–Kier alpha value is -4.07. The zero-order chi connectivity index (χ0) is 22.8. The van der Waals surface area contributed by atoms with Crippen LogP contribution < -0.4 is 14.8 Å². The maximum absolute atomic E-state index is 12.2. The lowest BCUT2D eigenvalue weighted by molar-refractivity contribution is 0.0827. The predicted octanol–water partition coefficient (Wildman–Crippen LogP) is 4.40. The van der Waals surface area contributed by atoms with Gasteiger partial charge in [-0.3, -0.25) is 4.79 Å². The molecule has 4 rings (SSSR count). The van der Waals surface area contributed by atoms with Crippen molar-refractivity contribution in [2.24, 2.45) is 0 Å². The van der Waals surface area contributed by atoms with Gasteiger partial charge in [-0.2, -0.15) is 9.97 Å². The number of carbonyl (C=O) groups is 1. The number of ether oxygens (including phenoxy) is 2. The number of fused-ring (bicyclic) bond motifs is 1. The summed E-state index contributed by atoms with van der Waals surface area (Å²) in [4.78, 5) is 26.2. The number of nitrogens with zero attached hydrogens (tertiary/aromatic N) is 3. The van der Waals surface area contributed by atoms with Gasteiger partial charge in [0.15, 0.2) is 0 Å². The highest BCUT2D eigenvalue weighted by Crippen LogP contribution is 2.35. The molecule has 0 aliphatic rings. The van der Waals surface area contributed by atoms with Crippen LogP contribution >= 0.6 is 0 Å². The van der Waals surface area contributed by atoms with Crippen molar-refractivity contribution >= 4 is 28.6 Å². The Labute approximate surface area is 186 Å².